The molecular weight excluding hydrogens is 497 g/mol. The number of aromatic nitrogens is 4. The van der Waals surface area contributed by atoms with Gasteiger partial charge in [-0.05, 0) is 36.2 Å². The van der Waals surface area contributed by atoms with Crippen LogP contribution in [0.4, 0.5) is 30.5 Å². The summed E-state index contributed by atoms with van der Waals surface area (Å²) < 4.78 is 44.3. The van der Waals surface area contributed by atoms with Crippen LogP contribution in [0.5, 0.6) is 0 Å². The van der Waals surface area contributed by atoms with E-state index in [1.165, 1.54) is 13.1 Å². The Labute approximate surface area is 217 Å². The molecule has 0 fully saturated rings. The van der Waals surface area contributed by atoms with E-state index >= 15 is 0 Å². The van der Waals surface area contributed by atoms with Gasteiger partial charge in [-0.2, -0.15) is 13.2 Å². The van der Waals surface area contributed by atoms with Gasteiger partial charge in [0, 0.05) is 42.9 Å². The molecule has 0 aliphatic carbocycles. The molecule has 1 amide bonds. The molecule has 0 aliphatic heterocycles. The van der Waals surface area contributed by atoms with Gasteiger partial charge in [-0.3, -0.25) is 14.8 Å². The quantitative estimate of drug-likeness (QED) is 0.305. The summed E-state index contributed by atoms with van der Waals surface area (Å²) in [5.74, 6) is -0.0238. The van der Waals surface area contributed by atoms with Crippen LogP contribution in [-0.4, -0.2) is 39.6 Å². The summed E-state index contributed by atoms with van der Waals surface area (Å²) in [4.78, 5) is 29.2. The first-order valence-corrected chi connectivity index (χ1v) is 11.7. The third-order valence-electron chi connectivity index (χ3n) is 5.62. The van der Waals surface area contributed by atoms with Gasteiger partial charge in [0.2, 0.25) is 11.9 Å². The molecule has 0 saturated heterocycles. The van der Waals surface area contributed by atoms with Crippen molar-refractivity contribution < 1.29 is 22.7 Å². The van der Waals surface area contributed by atoms with Gasteiger partial charge in [-0.25, -0.2) is 9.97 Å². The number of alkyl halides is 3. The second kappa shape index (κ2) is 11.8. The van der Waals surface area contributed by atoms with E-state index in [2.05, 4.69) is 30.6 Å². The van der Waals surface area contributed by atoms with Crippen molar-refractivity contribution in [3.05, 3.63) is 89.8 Å². The Balaban J connectivity index is 1.34. The Bertz CT molecular complexity index is 1380. The number of benzene rings is 1. The van der Waals surface area contributed by atoms with E-state index in [9.17, 15) is 18.0 Å². The number of methoxy groups -OCH3 is 1. The van der Waals surface area contributed by atoms with Gasteiger partial charge in [-0.1, -0.05) is 24.3 Å². The number of hydrogen-bond acceptors (Lipinski definition) is 7. The highest BCUT2D eigenvalue weighted by Gasteiger charge is 2.33. The summed E-state index contributed by atoms with van der Waals surface area (Å²) in [7, 11) is 1.65. The second-order valence-electron chi connectivity index (χ2n) is 8.48. The first-order valence-electron chi connectivity index (χ1n) is 11.7. The van der Waals surface area contributed by atoms with Crippen LogP contribution >= 0.6 is 0 Å². The maximum absolute atomic E-state index is 13.1. The monoisotopic (exact) mass is 522 g/mol. The van der Waals surface area contributed by atoms with Crippen molar-refractivity contribution in [2.24, 2.45) is 0 Å². The molecule has 0 bridgehead atoms. The van der Waals surface area contributed by atoms with Crippen molar-refractivity contribution in [1.29, 1.82) is 0 Å². The molecule has 0 radical (unpaired) electrons. The Morgan fingerprint density at radius 2 is 1.61 bits per heavy atom. The summed E-state index contributed by atoms with van der Waals surface area (Å²) >= 11 is 0. The fourth-order valence-electron chi connectivity index (χ4n) is 3.62. The van der Waals surface area contributed by atoms with E-state index in [-0.39, 0.29) is 17.8 Å². The number of carbonyl (C=O) groups is 1. The molecule has 0 spiro atoms. The number of hydrogen-bond donors (Lipinski definition) is 2. The van der Waals surface area contributed by atoms with Crippen LogP contribution in [0.3, 0.4) is 0 Å². The SMILES string of the molecule is COCCc1ccc(Nc2ncc(-c3ccc(CC(=O)Nc4cnc(C)c(C(F)(F)F)c4)cc3)cn2)cn1. The van der Waals surface area contributed by atoms with E-state index in [1.807, 2.05) is 24.3 Å². The molecule has 4 aromatic rings. The smallest absolute Gasteiger partial charge is 0.384 e. The van der Waals surface area contributed by atoms with Crippen LogP contribution in [0.15, 0.2) is 67.3 Å². The summed E-state index contributed by atoms with van der Waals surface area (Å²) in [6, 6.07) is 11.9. The van der Waals surface area contributed by atoms with Gasteiger partial charge < -0.3 is 15.4 Å². The molecule has 0 unspecified atom stereocenters. The Morgan fingerprint density at radius 3 is 2.24 bits per heavy atom. The number of rotatable bonds is 9. The maximum atomic E-state index is 13.1. The topological polar surface area (TPSA) is 102 Å². The third kappa shape index (κ3) is 7.10. The molecule has 1 aromatic carbocycles. The van der Waals surface area contributed by atoms with Crippen LogP contribution < -0.4 is 10.6 Å². The first kappa shape index (κ1) is 26.7. The lowest BCUT2D eigenvalue weighted by Crippen LogP contribution is -2.16. The minimum absolute atomic E-state index is 0.00629. The van der Waals surface area contributed by atoms with E-state index in [0.29, 0.717) is 18.1 Å². The van der Waals surface area contributed by atoms with Gasteiger partial charge >= 0.3 is 6.18 Å². The van der Waals surface area contributed by atoms with Crippen molar-refractivity contribution in [2.75, 3.05) is 24.4 Å². The van der Waals surface area contributed by atoms with Crippen LogP contribution in [0.2, 0.25) is 0 Å². The molecule has 11 heteroatoms. The van der Waals surface area contributed by atoms with Crippen LogP contribution in [0, 0.1) is 6.92 Å². The summed E-state index contributed by atoms with van der Waals surface area (Å²) in [6.07, 6.45) is 2.46. The van der Waals surface area contributed by atoms with Crippen molar-refractivity contribution in [3.63, 3.8) is 0 Å². The molecular formula is C27H25F3N6O2. The van der Waals surface area contributed by atoms with Gasteiger partial charge in [-0.15, -0.1) is 0 Å². The summed E-state index contributed by atoms with van der Waals surface area (Å²) in [5.41, 5.74) is 2.98. The lowest BCUT2D eigenvalue weighted by Gasteiger charge is -2.12. The van der Waals surface area contributed by atoms with Gasteiger partial charge in [0.25, 0.3) is 0 Å². The minimum atomic E-state index is -4.54. The molecule has 4 rings (SSSR count). The number of nitrogens with one attached hydrogen (secondary N) is 2. The Kier molecular flexibility index (Phi) is 8.27. The average Bonchev–Trinajstić information content (AvgIpc) is 2.90. The molecule has 38 heavy (non-hydrogen) atoms. The fourth-order valence-corrected chi connectivity index (χ4v) is 3.62. The zero-order valence-corrected chi connectivity index (χ0v) is 20.7. The molecule has 2 N–H and O–H groups in total. The number of carbonyl (C=O) groups excluding carboxylic acids is 1. The van der Waals surface area contributed by atoms with Crippen molar-refractivity contribution in [3.8, 4) is 11.1 Å². The summed E-state index contributed by atoms with van der Waals surface area (Å²) in [5, 5.41) is 5.58. The lowest BCUT2D eigenvalue weighted by atomic mass is 10.0. The van der Waals surface area contributed by atoms with Crippen LogP contribution in [0.1, 0.15) is 22.5 Å². The number of amides is 1. The zero-order valence-electron chi connectivity index (χ0n) is 20.7. The van der Waals surface area contributed by atoms with Crippen LogP contribution in [-0.2, 0) is 28.5 Å². The molecule has 0 saturated carbocycles. The summed E-state index contributed by atoms with van der Waals surface area (Å²) in [6.45, 7) is 1.88. The Morgan fingerprint density at radius 1 is 0.895 bits per heavy atom. The highest BCUT2D eigenvalue weighted by Crippen LogP contribution is 2.32. The van der Waals surface area contributed by atoms with Crippen LogP contribution in [0.25, 0.3) is 11.1 Å². The van der Waals surface area contributed by atoms with Crippen molar-refractivity contribution >= 4 is 23.2 Å². The molecule has 3 heterocycles. The van der Waals surface area contributed by atoms with Gasteiger partial charge in [0.15, 0.2) is 0 Å². The highest BCUT2D eigenvalue weighted by molar-refractivity contribution is 5.92. The van der Waals surface area contributed by atoms with E-state index < -0.39 is 17.6 Å². The van der Waals surface area contributed by atoms with Crippen molar-refractivity contribution in [2.45, 2.75) is 25.9 Å². The number of pyridine rings is 2. The van der Waals surface area contributed by atoms with Crippen molar-refractivity contribution in [1.82, 2.24) is 19.9 Å². The number of ether oxygens (including phenoxy) is 1. The second-order valence-corrected chi connectivity index (χ2v) is 8.48. The molecule has 0 atom stereocenters. The maximum Gasteiger partial charge on any atom is 0.418 e. The molecule has 196 valence electrons. The average molecular weight is 523 g/mol. The van der Waals surface area contributed by atoms with Gasteiger partial charge in [0.05, 0.1) is 42.4 Å². The van der Waals surface area contributed by atoms with Gasteiger partial charge in [0.1, 0.15) is 0 Å². The van der Waals surface area contributed by atoms with E-state index in [1.54, 1.807) is 37.8 Å². The molecule has 8 nitrogen and oxygen atoms in total. The first-order chi connectivity index (χ1) is 18.2. The fraction of sp³-hybridized carbons (Fsp3) is 0.222. The molecule has 3 aromatic heterocycles. The number of nitrogens with zero attached hydrogens (tertiary/aromatic N) is 4. The normalized spacial score (nSPS) is 11.3. The number of anilines is 3. The molecule has 0 aliphatic rings. The third-order valence-corrected chi connectivity index (χ3v) is 5.62. The predicted molar refractivity (Wildman–Crippen MR) is 137 cm³/mol. The predicted octanol–water partition coefficient (Wildman–Crippen LogP) is 5.37. The minimum Gasteiger partial charge on any atom is -0.384 e. The largest absolute Gasteiger partial charge is 0.418 e. The van der Waals surface area contributed by atoms with E-state index in [0.717, 1.165) is 35.0 Å². The lowest BCUT2D eigenvalue weighted by molar-refractivity contribution is -0.138. The number of halogens is 3. The zero-order chi connectivity index (χ0) is 27.1. The number of aryl methyl sites for hydroxylation is 1. The highest BCUT2D eigenvalue weighted by atomic mass is 19.4. The Hall–Kier alpha value is -4.38. The van der Waals surface area contributed by atoms with E-state index in [4.69, 9.17) is 4.74 Å². The standard InChI is InChI=1S/C27H25F3N6O2/c1-17-24(27(28,29)30)12-23(16-31-17)35-25(37)11-18-3-5-19(6-4-18)20-13-33-26(34-14-20)36-22-8-7-21(32-15-22)9-10-38-2/h3-8,12-16H,9-11H2,1-2H3,(H,35,37)(H,33,34,36).